The molecule has 0 fully saturated rings. The van der Waals surface area contributed by atoms with Crippen molar-refractivity contribution in [3.8, 4) is 0 Å². The summed E-state index contributed by atoms with van der Waals surface area (Å²) in [6.45, 7) is 6.38. The maximum absolute atomic E-state index is 11.4. The Morgan fingerprint density at radius 3 is 2.75 bits per heavy atom. The van der Waals surface area contributed by atoms with Gasteiger partial charge in [0.25, 0.3) is 0 Å². The van der Waals surface area contributed by atoms with Crippen molar-refractivity contribution in [3.05, 3.63) is 11.1 Å². The largest absolute Gasteiger partial charge is 0.375 e. The predicted molar refractivity (Wildman–Crippen MR) is 66.5 cm³/mol. The summed E-state index contributed by atoms with van der Waals surface area (Å²) in [6, 6.07) is -0.157. The number of hydrogen-bond acceptors (Lipinski definition) is 4. The van der Waals surface area contributed by atoms with E-state index in [1.165, 1.54) is 11.3 Å². The number of carbonyl (C=O) groups is 1. The third-order valence-electron chi connectivity index (χ3n) is 1.72. The van der Waals surface area contributed by atoms with Crippen molar-refractivity contribution >= 4 is 22.5 Å². The molecule has 0 radical (unpaired) electrons. The number of urea groups is 1. The summed E-state index contributed by atoms with van der Waals surface area (Å²) in [7, 11) is 0. The van der Waals surface area contributed by atoms with Crippen LogP contribution in [0.2, 0.25) is 0 Å². The van der Waals surface area contributed by atoms with E-state index in [0.717, 1.165) is 5.69 Å². The number of aromatic nitrogens is 1. The lowest BCUT2D eigenvalue weighted by Gasteiger charge is -2.20. The lowest BCUT2D eigenvalue weighted by molar-refractivity contribution is 0.232. The molecule has 4 N–H and O–H groups in total. The van der Waals surface area contributed by atoms with Crippen molar-refractivity contribution in [2.75, 3.05) is 12.3 Å². The number of thiazole rings is 1. The molecule has 0 saturated heterocycles. The molecule has 0 unspecified atom stereocenters. The maximum atomic E-state index is 11.4. The molecule has 2 amide bonds. The minimum absolute atomic E-state index is 0.157. The number of nitrogens with one attached hydrogen (secondary N) is 2. The van der Waals surface area contributed by atoms with Crippen LogP contribution in [0.4, 0.5) is 9.93 Å². The van der Waals surface area contributed by atoms with Gasteiger partial charge in [-0.15, -0.1) is 11.3 Å². The minimum atomic E-state index is -0.213. The summed E-state index contributed by atoms with van der Waals surface area (Å²) in [5, 5.41) is 8.05. The fourth-order valence-electron chi connectivity index (χ4n) is 1.13. The Bertz CT molecular complexity index is 356. The van der Waals surface area contributed by atoms with E-state index in [4.69, 9.17) is 5.73 Å². The molecule has 1 aromatic rings. The van der Waals surface area contributed by atoms with Crippen LogP contribution in [-0.4, -0.2) is 23.1 Å². The second-order valence-corrected chi connectivity index (χ2v) is 5.45. The molecule has 1 aromatic heterocycles. The topological polar surface area (TPSA) is 80.0 Å². The highest BCUT2D eigenvalue weighted by Gasteiger charge is 2.12. The van der Waals surface area contributed by atoms with Gasteiger partial charge in [-0.1, -0.05) is 0 Å². The molecule has 0 aliphatic rings. The van der Waals surface area contributed by atoms with Crippen molar-refractivity contribution in [1.29, 1.82) is 0 Å². The quantitative estimate of drug-likeness (QED) is 0.749. The molecule has 90 valence electrons. The van der Waals surface area contributed by atoms with E-state index >= 15 is 0 Å². The van der Waals surface area contributed by atoms with Crippen LogP contribution in [0.5, 0.6) is 0 Å². The smallest absolute Gasteiger partial charge is 0.315 e. The van der Waals surface area contributed by atoms with Crippen LogP contribution in [0.25, 0.3) is 0 Å². The third-order valence-corrected chi connectivity index (χ3v) is 2.45. The SMILES string of the molecule is CC(C)(C)NC(=O)NCCc1csc(N)n1. The zero-order chi connectivity index (χ0) is 12.2. The van der Waals surface area contributed by atoms with Crippen LogP contribution >= 0.6 is 11.3 Å². The monoisotopic (exact) mass is 242 g/mol. The summed E-state index contributed by atoms with van der Waals surface area (Å²) in [4.78, 5) is 15.5. The number of rotatable bonds is 3. The van der Waals surface area contributed by atoms with E-state index < -0.39 is 0 Å². The molecule has 0 atom stereocenters. The lowest BCUT2D eigenvalue weighted by atomic mass is 10.1. The number of carbonyl (C=O) groups excluding carboxylic acids is 1. The number of amides is 2. The zero-order valence-electron chi connectivity index (χ0n) is 9.83. The van der Waals surface area contributed by atoms with Crippen molar-refractivity contribution < 1.29 is 4.79 Å². The first-order valence-electron chi connectivity index (χ1n) is 5.13. The molecule has 0 aromatic carbocycles. The van der Waals surface area contributed by atoms with Gasteiger partial charge in [0.1, 0.15) is 0 Å². The van der Waals surface area contributed by atoms with Gasteiger partial charge in [0.2, 0.25) is 0 Å². The molecule has 16 heavy (non-hydrogen) atoms. The van der Waals surface area contributed by atoms with Gasteiger partial charge in [-0.05, 0) is 20.8 Å². The molecule has 0 aliphatic heterocycles. The van der Waals surface area contributed by atoms with Crippen LogP contribution in [0.1, 0.15) is 26.5 Å². The summed E-state index contributed by atoms with van der Waals surface area (Å²) >= 11 is 1.41. The molecule has 0 bridgehead atoms. The maximum Gasteiger partial charge on any atom is 0.315 e. The summed E-state index contributed by atoms with van der Waals surface area (Å²) in [6.07, 6.45) is 0.700. The Balaban J connectivity index is 2.23. The van der Waals surface area contributed by atoms with E-state index in [2.05, 4.69) is 15.6 Å². The highest BCUT2D eigenvalue weighted by atomic mass is 32.1. The molecule has 0 aliphatic carbocycles. The first-order valence-corrected chi connectivity index (χ1v) is 6.01. The van der Waals surface area contributed by atoms with Gasteiger partial charge < -0.3 is 16.4 Å². The zero-order valence-corrected chi connectivity index (χ0v) is 10.6. The second kappa shape index (κ2) is 5.16. The van der Waals surface area contributed by atoms with Crippen LogP contribution in [0, 0.1) is 0 Å². The van der Waals surface area contributed by atoms with E-state index in [1.54, 1.807) is 0 Å². The van der Waals surface area contributed by atoms with Crippen molar-refractivity contribution in [2.45, 2.75) is 32.7 Å². The molecular formula is C10H18N4OS. The third kappa shape index (κ3) is 4.97. The van der Waals surface area contributed by atoms with E-state index in [-0.39, 0.29) is 11.6 Å². The Labute approximate surface area is 99.4 Å². The van der Waals surface area contributed by atoms with Gasteiger partial charge in [0, 0.05) is 23.9 Å². The first-order chi connectivity index (χ1) is 7.37. The molecular weight excluding hydrogens is 224 g/mol. The van der Waals surface area contributed by atoms with Crippen LogP contribution in [-0.2, 0) is 6.42 Å². The number of nitrogens with two attached hydrogens (primary N) is 1. The second-order valence-electron chi connectivity index (χ2n) is 4.56. The number of hydrogen-bond donors (Lipinski definition) is 3. The summed E-state index contributed by atoms with van der Waals surface area (Å²) in [5.74, 6) is 0. The van der Waals surface area contributed by atoms with Crippen molar-refractivity contribution in [1.82, 2.24) is 15.6 Å². The lowest BCUT2D eigenvalue weighted by Crippen LogP contribution is -2.46. The Morgan fingerprint density at radius 2 is 2.25 bits per heavy atom. The molecule has 0 saturated carbocycles. The number of nitrogens with zero attached hydrogens (tertiary/aromatic N) is 1. The normalized spacial score (nSPS) is 11.2. The van der Waals surface area contributed by atoms with Gasteiger partial charge in [-0.2, -0.15) is 0 Å². The fraction of sp³-hybridized carbons (Fsp3) is 0.600. The Morgan fingerprint density at radius 1 is 1.56 bits per heavy atom. The number of anilines is 1. The summed E-state index contributed by atoms with van der Waals surface area (Å²) < 4.78 is 0. The molecule has 0 spiro atoms. The number of nitrogen functional groups attached to an aromatic ring is 1. The van der Waals surface area contributed by atoms with Crippen LogP contribution < -0.4 is 16.4 Å². The summed E-state index contributed by atoms with van der Waals surface area (Å²) in [5.41, 5.74) is 6.20. The molecule has 5 nitrogen and oxygen atoms in total. The van der Waals surface area contributed by atoms with E-state index in [0.29, 0.717) is 18.1 Å². The predicted octanol–water partition coefficient (Wildman–Crippen LogP) is 1.37. The van der Waals surface area contributed by atoms with Gasteiger partial charge in [0.05, 0.1) is 5.69 Å². The Hall–Kier alpha value is -1.30. The van der Waals surface area contributed by atoms with Crippen molar-refractivity contribution in [2.24, 2.45) is 0 Å². The fourth-order valence-corrected chi connectivity index (χ4v) is 1.72. The van der Waals surface area contributed by atoms with Gasteiger partial charge in [-0.3, -0.25) is 0 Å². The minimum Gasteiger partial charge on any atom is -0.375 e. The highest BCUT2D eigenvalue weighted by Crippen LogP contribution is 2.10. The average molecular weight is 242 g/mol. The molecule has 1 rings (SSSR count). The van der Waals surface area contributed by atoms with Gasteiger partial charge in [-0.25, -0.2) is 9.78 Å². The van der Waals surface area contributed by atoms with Crippen LogP contribution in [0.15, 0.2) is 5.38 Å². The standard InChI is InChI=1S/C10H18N4OS/c1-10(2,3)14-9(15)12-5-4-7-6-16-8(11)13-7/h6H,4-5H2,1-3H3,(H2,11,13)(H2,12,14,15). The van der Waals surface area contributed by atoms with E-state index in [9.17, 15) is 4.79 Å². The van der Waals surface area contributed by atoms with E-state index in [1.807, 2.05) is 26.2 Å². The average Bonchev–Trinajstić information content (AvgIpc) is 2.48. The van der Waals surface area contributed by atoms with Gasteiger partial charge in [0.15, 0.2) is 5.13 Å². The molecule has 1 heterocycles. The van der Waals surface area contributed by atoms with Crippen LogP contribution in [0.3, 0.4) is 0 Å². The first kappa shape index (κ1) is 12.8. The van der Waals surface area contributed by atoms with Crippen molar-refractivity contribution in [3.63, 3.8) is 0 Å². The highest BCUT2D eigenvalue weighted by molar-refractivity contribution is 7.13. The Kier molecular flexibility index (Phi) is 4.12. The molecule has 6 heteroatoms. The van der Waals surface area contributed by atoms with Gasteiger partial charge >= 0.3 is 6.03 Å².